The Morgan fingerprint density at radius 3 is 2.57 bits per heavy atom. The van der Waals surface area contributed by atoms with Crippen LogP contribution in [0.4, 0.5) is 16.2 Å². The lowest BCUT2D eigenvalue weighted by Crippen LogP contribution is -2.50. The molecule has 0 unspecified atom stereocenters. The van der Waals surface area contributed by atoms with E-state index in [2.05, 4.69) is 10.0 Å². The number of nitrogens with one attached hydrogen (secondary N) is 2. The number of sulfonamides is 1. The zero-order valence-electron chi connectivity index (χ0n) is 24.9. The first-order valence-corrected chi connectivity index (χ1v) is 15.7. The molecule has 13 heteroatoms. The molecule has 0 aromatic heterocycles. The fourth-order valence-electron chi connectivity index (χ4n) is 5.01. The molecule has 0 saturated carbocycles. The molecule has 3 atom stereocenters. The molecule has 5 rings (SSSR count). The lowest BCUT2D eigenvalue weighted by molar-refractivity contribution is 0.0373. The SMILES string of the molecule is Cc1ccc(S(=O)(=O)Nc2cccc3c2O[C@@H](CN(C)C(=O)Nc2ccc4c(c2)OCO4)[C@@H](C)CN([C@@H](C)CO)C3=O)cc1. The van der Waals surface area contributed by atoms with Gasteiger partial charge in [0.1, 0.15) is 6.10 Å². The number of hydrogen-bond acceptors (Lipinski definition) is 8. The summed E-state index contributed by atoms with van der Waals surface area (Å²) in [4.78, 5) is 30.0. The van der Waals surface area contributed by atoms with Crippen molar-refractivity contribution < 1.29 is 37.3 Å². The number of aliphatic hydroxyl groups excluding tert-OH is 1. The van der Waals surface area contributed by atoms with E-state index in [0.29, 0.717) is 17.2 Å². The van der Waals surface area contributed by atoms with Gasteiger partial charge < -0.3 is 34.4 Å². The Labute approximate surface area is 256 Å². The van der Waals surface area contributed by atoms with Gasteiger partial charge in [0.25, 0.3) is 15.9 Å². The van der Waals surface area contributed by atoms with Crippen molar-refractivity contribution in [3.8, 4) is 17.2 Å². The Morgan fingerprint density at radius 2 is 1.84 bits per heavy atom. The molecule has 3 amide bonds. The number of amides is 3. The van der Waals surface area contributed by atoms with E-state index in [9.17, 15) is 23.1 Å². The zero-order chi connectivity index (χ0) is 31.6. The third kappa shape index (κ3) is 6.53. The summed E-state index contributed by atoms with van der Waals surface area (Å²) < 4.78 is 46.4. The van der Waals surface area contributed by atoms with Crippen LogP contribution < -0.4 is 24.2 Å². The van der Waals surface area contributed by atoms with Crippen molar-refractivity contribution in [2.75, 3.05) is 43.6 Å². The Bertz CT molecular complexity index is 1650. The van der Waals surface area contributed by atoms with Gasteiger partial charge in [-0.1, -0.05) is 30.7 Å². The van der Waals surface area contributed by atoms with Crippen molar-refractivity contribution in [1.29, 1.82) is 0 Å². The normalized spacial score (nSPS) is 18.4. The largest absolute Gasteiger partial charge is 0.485 e. The lowest BCUT2D eigenvalue weighted by Gasteiger charge is -2.38. The summed E-state index contributed by atoms with van der Waals surface area (Å²) in [6.07, 6.45) is -0.659. The number of fused-ring (bicyclic) bond motifs is 2. The van der Waals surface area contributed by atoms with E-state index >= 15 is 0 Å². The van der Waals surface area contributed by atoms with Gasteiger partial charge >= 0.3 is 6.03 Å². The number of benzene rings is 3. The van der Waals surface area contributed by atoms with Crippen molar-refractivity contribution in [3.05, 3.63) is 71.8 Å². The molecule has 0 radical (unpaired) electrons. The van der Waals surface area contributed by atoms with Crippen molar-refractivity contribution in [1.82, 2.24) is 9.80 Å². The molecular weight excluding hydrogens is 588 g/mol. The topological polar surface area (TPSA) is 147 Å². The third-order valence-electron chi connectivity index (χ3n) is 7.69. The van der Waals surface area contributed by atoms with Gasteiger partial charge in [0, 0.05) is 31.3 Å². The van der Waals surface area contributed by atoms with Crippen LogP contribution in [0.2, 0.25) is 0 Å². The standard InChI is InChI=1S/C31H36N4O8S/c1-19-8-11-23(12-9-19)44(39,40)33-25-7-5-6-24-29(25)43-28(20(2)15-35(30(24)37)21(3)17-36)16-34(4)31(38)32-22-10-13-26-27(14-22)42-18-41-26/h5-14,20-21,28,33,36H,15-18H2,1-4H3,(H,32,38)/t20-,21-,28-/m0/s1. The molecule has 3 aromatic carbocycles. The summed E-state index contributed by atoms with van der Waals surface area (Å²) >= 11 is 0. The highest BCUT2D eigenvalue weighted by atomic mass is 32.2. The van der Waals surface area contributed by atoms with Gasteiger partial charge in [-0.25, -0.2) is 13.2 Å². The van der Waals surface area contributed by atoms with E-state index in [-0.39, 0.29) is 54.3 Å². The van der Waals surface area contributed by atoms with Gasteiger partial charge in [-0.05, 0) is 50.2 Å². The van der Waals surface area contributed by atoms with E-state index in [1.165, 1.54) is 23.1 Å². The second-order valence-electron chi connectivity index (χ2n) is 11.1. The Balaban J connectivity index is 1.44. The summed E-state index contributed by atoms with van der Waals surface area (Å²) in [6, 6.07) is 15.2. The molecule has 0 saturated heterocycles. The highest BCUT2D eigenvalue weighted by Gasteiger charge is 2.35. The molecular formula is C31H36N4O8S. The lowest BCUT2D eigenvalue weighted by atomic mass is 9.99. The molecule has 0 aliphatic carbocycles. The van der Waals surface area contributed by atoms with Crippen molar-refractivity contribution in [2.24, 2.45) is 5.92 Å². The van der Waals surface area contributed by atoms with Crippen LogP contribution in [0.25, 0.3) is 0 Å². The first-order valence-electron chi connectivity index (χ1n) is 14.2. The van der Waals surface area contributed by atoms with Gasteiger partial charge in [-0.3, -0.25) is 9.52 Å². The molecule has 0 fully saturated rings. The Kier molecular flexibility index (Phi) is 8.88. The van der Waals surface area contributed by atoms with Crippen molar-refractivity contribution >= 4 is 33.3 Å². The van der Waals surface area contributed by atoms with Gasteiger partial charge in [0.05, 0.1) is 35.3 Å². The van der Waals surface area contributed by atoms with E-state index in [1.807, 2.05) is 13.8 Å². The van der Waals surface area contributed by atoms with E-state index < -0.39 is 34.1 Å². The number of nitrogens with zero attached hydrogens (tertiary/aromatic N) is 2. The predicted octanol–water partition coefficient (Wildman–Crippen LogP) is 3.91. The van der Waals surface area contributed by atoms with Crippen LogP contribution in [0.5, 0.6) is 17.2 Å². The summed E-state index contributed by atoms with van der Waals surface area (Å²) in [5.74, 6) is 0.449. The number of ether oxygens (including phenoxy) is 3. The van der Waals surface area contributed by atoms with Crippen LogP contribution in [0.15, 0.2) is 65.6 Å². The van der Waals surface area contributed by atoms with Gasteiger partial charge in [-0.2, -0.15) is 0 Å². The smallest absolute Gasteiger partial charge is 0.321 e. The molecule has 44 heavy (non-hydrogen) atoms. The minimum absolute atomic E-state index is 0.0458. The molecule has 0 spiro atoms. The maximum absolute atomic E-state index is 13.7. The minimum Gasteiger partial charge on any atom is -0.485 e. The minimum atomic E-state index is -4.03. The first kappa shape index (κ1) is 31.0. The van der Waals surface area contributed by atoms with Crippen LogP contribution >= 0.6 is 0 Å². The third-order valence-corrected chi connectivity index (χ3v) is 9.07. The average molecular weight is 625 g/mol. The number of rotatable bonds is 8. The second-order valence-corrected chi connectivity index (χ2v) is 12.8. The summed E-state index contributed by atoms with van der Waals surface area (Å²) in [7, 11) is -2.42. The molecule has 3 N–H and O–H groups in total. The fraction of sp³-hybridized carbons (Fsp3) is 0.355. The zero-order valence-corrected chi connectivity index (χ0v) is 25.8. The fourth-order valence-corrected chi connectivity index (χ4v) is 6.07. The van der Waals surface area contributed by atoms with Crippen LogP contribution in [0.3, 0.4) is 0 Å². The Morgan fingerprint density at radius 1 is 1.11 bits per heavy atom. The predicted molar refractivity (Wildman–Crippen MR) is 164 cm³/mol. The molecule has 2 aliphatic heterocycles. The monoisotopic (exact) mass is 624 g/mol. The van der Waals surface area contributed by atoms with Crippen molar-refractivity contribution in [2.45, 2.75) is 37.8 Å². The van der Waals surface area contributed by atoms with Gasteiger partial charge in [0.2, 0.25) is 6.79 Å². The maximum atomic E-state index is 13.7. The molecule has 234 valence electrons. The molecule has 2 aliphatic rings. The summed E-state index contributed by atoms with van der Waals surface area (Å²) in [5.41, 5.74) is 1.65. The van der Waals surface area contributed by atoms with E-state index in [1.54, 1.807) is 61.3 Å². The number of aryl methyl sites for hydroxylation is 1. The average Bonchev–Trinajstić information content (AvgIpc) is 3.47. The first-order chi connectivity index (χ1) is 21.0. The number of anilines is 2. The highest BCUT2D eigenvalue weighted by molar-refractivity contribution is 7.92. The van der Waals surface area contributed by atoms with E-state index in [4.69, 9.17) is 14.2 Å². The summed E-state index contributed by atoms with van der Waals surface area (Å²) in [5, 5.41) is 12.8. The number of likely N-dealkylation sites (N-methyl/N-ethyl adjacent to an activating group) is 1. The maximum Gasteiger partial charge on any atom is 0.321 e. The number of carbonyl (C=O) groups is 2. The quantitative estimate of drug-likeness (QED) is 0.342. The number of urea groups is 1. The number of aliphatic hydroxyl groups is 1. The van der Waals surface area contributed by atoms with Crippen LogP contribution in [0.1, 0.15) is 29.8 Å². The van der Waals surface area contributed by atoms with Gasteiger partial charge in [0.15, 0.2) is 17.2 Å². The van der Waals surface area contributed by atoms with Crippen molar-refractivity contribution in [3.63, 3.8) is 0 Å². The summed E-state index contributed by atoms with van der Waals surface area (Å²) in [6.45, 7) is 5.65. The molecule has 12 nitrogen and oxygen atoms in total. The van der Waals surface area contributed by atoms with Crippen LogP contribution in [-0.4, -0.2) is 80.9 Å². The number of para-hydroxylation sites is 1. The number of hydrogen-bond donors (Lipinski definition) is 3. The number of carbonyl (C=O) groups excluding carboxylic acids is 2. The highest BCUT2D eigenvalue weighted by Crippen LogP contribution is 2.37. The van der Waals surface area contributed by atoms with Gasteiger partial charge in [-0.15, -0.1) is 0 Å². The second kappa shape index (κ2) is 12.6. The van der Waals surface area contributed by atoms with E-state index in [0.717, 1.165) is 5.56 Å². The molecule has 2 heterocycles. The van der Waals surface area contributed by atoms with Crippen LogP contribution in [-0.2, 0) is 10.0 Å². The Hall–Kier alpha value is -4.49. The molecule has 3 aromatic rings. The van der Waals surface area contributed by atoms with Crippen LogP contribution in [0, 0.1) is 12.8 Å². The molecule has 0 bridgehead atoms.